The van der Waals surface area contributed by atoms with E-state index in [4.69, 9.17) is 9.47 Å². The molecule has 0 aliphatic heterocycles. The summed E-state index contributed by atoms with van der Waals surface area (Å²) in [6.07, 6.45) is 3.48. The smallest absolute Gasteiger partial charge is 0.224 e. The van der Waals surface area contributed by atoms with Gasteiger partial charge in [0.1, 0.15) is 12.1 Å². The van der Waals surface area contributed by atoms with Gasteiger partial charge in [-0.05, 0) is 25.0 Å². The Morgan fingerprint density at radius 1 is 1.05 bits per heavy atom. The summed E-state index contributed by atoms with van der Waals surface area (Å²) in [5.74, 6) is 2.64. The van der Waals surface area contributed by atoms with Crippen LogP contribution in [0.2, 0.25) is 0 Å². The van der Waals surface area contributed by atoms with Crippen molar-refractivity contribution in [1.29, 1.82) is 0 Å². The zero-order valence-corrected chi connectivity index (χ0v) is 12.5. The van der Waals surface area contributed by atoms with E-state index in [0.29, 0.717) is 18.2 Å². The van der Waals surface area contributed by atoms with Crippen LogP contribution in [0.1, 0.15) is 26.7 Å². The lowest BCUT2D eigenvalue weighted by molar-refractivity contribution is 0.300. The first-order valence-corrected chi connectivity index (χ1v) is 7.29. The van der Waals surface area contributed by atoms with Crippen molar-refractivity contribution in [1.82, 2.24) is 9.97 Å². The van der Waals surface area contributed by atoms with Gasteiger partial charge in [-0.2, -0.15) is 0 Å². The second-order valence-electron chi connectivity index (χ2n) is 4.57. The highest BCUT2D eigenvalue weighted by Crippen LogP contribution is 2.30. The molecule has 5 heteroatoms. The minimum Gasteiger partial charge on any atom is -0.490 e. The van der Waals surface area contributed by atoms with Crippen LogP contribution in [0, 0.1) is 0 Å². The van der Waals surface area contributed by atoms with Gasteiger partial charge in [0, 0.05) is 12.6 Å². The molecule has 0 saturated heterocycles. The standard InChI is InChI=1S/C16H21N3O2/c1-3-9-17-15-11-16(19-12-18-15)21-14-8-6-5-7-13(14)20-10-4-2/h5-8,11-12H,3-4,9-10H2,1-2H3,(H,17,18,19). The van der Waals surface area contributed by atoms with E-state index in [1.54, 1.807) is 6.07 Å². The summed E-state index contributed by atoms with van der Waals surface area (Å²) in [4.78, 5) is 8.29. The number of nitrogens with zero attached hydrogens (tertiary/aromatic N) is 2. The summed E-state index contributed by atoms with van der Waals surface area (Å²) in [5, 5.41) is 3.21. The lowest BCUT2D eigenvalue weighted by Crippen LogP contribution is -2.03. The van der Waals surface area contributed by atoms with Crippen molar-refractivity contribution in [2.75, 3.05) is 18.5 Å². The molecule has 1 N–H and O–H groups in total. The quantitative estimate of drug-likeness (QED) is 0.798. The van der Waals surface area contributed by atoms with Gasteiger partial charge < -0.3 is 14.8 Å². The maximum atomic E-state index is 5.81. The highest BCUT2D eigenvalue weighted by molar-refractivity contribution is 5.43. The number of ether oxygens (including phenoxy) is 2. The Morgan fingerprint density at radius 3 is 2.62 bits per heavy atom. The van der Waals surface area contributed by atoms with Crippen LogP contribution < -0.4 is 14.8 Å². The van der Waals surface area contributed by atoms with Crippen LogP contribution in [0.15, 0.2) is 36.7 Å². The van der Waals surface area contributed by atoms with Crippen molar-refractivity contribution in [3.63, 3.8) is 0 Å². The number of hydrogen-bond acceptors (Lipinski definition) is 5. The largest absolute Gasteiger partial charge is 0.490 e. The van der Waals surface area contributed by atoms with E-state index < -0.39 is 0 Å². The van der Waals surface area contributed by atoms with Gasteiger partial charge in [-0.3, -0.25) is 0 Å². The normalized spacial score (nSPS) is 10.2. The molecule has 0 bridgehead atoms. The number of benzene rings is 1. The molecule has 0 spiro atoms. The van der Waals surface area contributed by atoms with Crippen LogP contribution in [0.4, 0.5) is 5.82 Å². The first kappa shape index (κ1) is 15.1. The Labute approximate surface area is 125 Å². The van der Waals surface area contributed by atoms with E-state index in [1.165, 1.54) is 6.33 Å². The summed E-state index contributed by atoms with van der Waals surface area (Å²) in [6.45, 7) is 5.70. The van der Waals surface area contributed by atoms with Crippen molar-refractivity contribution < 1.29 is 9.47 Å². The number of para-hydroxylation sites is 2. The van der Waals surface area contributed by atoms with Gasteiger partial charge >= 0.3 is 0 Å². The summed E-state index contributed by atoms with van der Waals surface area (Å²) >= 11 is 0. The molecule has 0 fully saturated rings. The SMILES string of the molecule is CCCNc1cc(Oc2ccccc2OCCC)ncn1. The lowest BCUT2D eigenvalue weighted by atomic mass is 10.3. The van der Waals surface area contributed by atoms with Gasteiger partial charge in [-0.1, -0.05) is 26.0 Å². The molecule has 1 aromatic carbocycles. The highest BCUT2D eigenvalue weighted by Gasteiger charge is 2.07. The van der Waals surface area contributed by atoms with E-state index in [9.17, 15) is 0 Å². The number of anilines is 1. The third-order valence-electron chi connectivity index (χ3n) is 2.72. The fourth-order valence-corrected chi connectivity index (χ4v) is 1.72. The first-order chi connectivity index (χ1) is 10.3. The van der Waals surface area contributed by atoms with E-state index >= 15 is 0 Å². The van der Waals surface area contributed by atoms with Crippen molar-refractivity contribution in [2.24, 2.45) is 0 Å². The second-order valence-corrected chi connectivity index (χ2v) is 4.57. The molecule has 112 valence electrons. The van der Waals surface area contributed by atoms with Crippen molar-refractivity contribution in [3.05, 3.63) is 36.7 Å². The van der Waals surface area contributed by atoms with E-state index in [2.05, 4.69) is 29.1 Å². The number of aromatic nitrogens is 2. The van der Waals surface area contributed by atoms with Crippen LogP contribution in [-0.4, -0.2) is 23.1 Å². The van der Waals surface area contributed by atoms with Crippen molar-refractivity contribution >= 4 is 5.82 Å². The Hall–Kier alpha value is -2.30. The average Bonchev–Trinajstić information content (AvgIpc) is 2.52. The van der Waals surface area contributed by atoms with E-state index in [1.807, 2.05) is 24.3 Å². The zero-order valence-electron chi connectivity index (χ0n) is 12.5. The molecule has 1 aromatic heterocycles. The molecule has 2 rings (SSSR count). The molecule has 2 aromatic rings. The molecule has 0 radical (unpaired) electrons. The fourth-order valence-electron chi connectivity index (χ4n) is 1.72. The predicted octanol–water partition coefficient (Wildman–Crippen LogP) is 3.88. The molecule has 5 nitrogen and oxygen atoms in total. The number of hydrogen-bond donors (Lipinski definition) is 1. The third-order valence-corrected chi connectivity index (χ3v) is 2.72. The fraction of sp³-hybridized carbons (Fsp3) is 0.375. The second kappa shape index (κ2) is 8.09. The Morgan fingerprint density at radius 2 is 1.86 bits per heavy atom. The lowest BCUT2D eigenvalue weighted by Gasteiger charge is -2.11. The first-order valence-electron chi connectivity index (χ1n) is 7.29. The molecular formula is C16H21N3O2. The zero-order chi connectivity index (χ0) is 14.9. The van der Waals surface area contributed by atoms with Crippen molar-refractivity contribution in [2.45, 2.75) is 26.7 Å². The van der Waals surface area contributed by atoms with Crippen LogP contribution in [0.3, 0.4) is 0 Å². The van der Waals surface area contributed by atoms with Crippen molar-refractivity contribution in [3.8, 4) is 17.4 Å². The summed E-state index contributed by atoms with van der Waals surface area (Å²) in [5.41, 5.74) is 0. The molecule has 0 aliphatic rings. The minimum atomic E-state index is 0.496. The summed E-state index contributed by atoms with van der Waals surface area (Å²) < 4.78 is 11.5. The molecule has 0 saturated carbocycles. The Balaban J connectivity index is 2.10. The monoisotopic (exact) mass is 287 g/mol. The van der Waals surface area contributed by atoms with Gasteiger partial charge in [0.15, 0.2) is 11.5 Å². The number of nitrogens with one attached hydrogen (secondary N) is 1. The van der Waals surface area contributed by atoms with Crippen LogP contribution in [-0.2, 0) is 0 Å². The molecular weight excluding hydrogens is 266 g/mol. The third kappa shape index (κ3) is 4.63. The van der Waals surface area contributed by atoms with Crippen LogP contribution in [0.5, 0.6) is 17.4 Å². The van der Waals surface area contributed by atoms with Gasteiger partial charge in [0.25, 0.3) is 0 Å². The topological polar surface area (TPSA) is 56.3 Å². The van der Waals surface area contributed by atoms with Gasteiger partial charge in [-0.15, -0.1) is 0 Å². The molecule has 0 aliphatic carbocycles. The van der Waals surface area contributed by atoms with Gasteiger partial charge in [-0.25, -0.2) is 9.97 Å². The van der Waals surface area contributed by atoms with Gasteiger partial charge in [0.2, 0.25) is 5.88 Å². The molecule has 1 heterocycles. The maximum absolute atomic E-state index is 5.81. The minimum absolute atomic E-state index is 0.496. The molecule has 0 amide bonds. The summed E-state index contributed by atoms with van der Waals surface area (Å²) in [6, 6.07) is 9.37. The van der Waals surface area contributed by atoms with Crippen LogP contribution >= 0.6 is 0 Å². The van der Waals surface area contributed by atoms with E-state index in [0.717, 1.165) is 31.0 Å². The molecule has 0 unspecified atom stereocenters. The van der Waals surface area contributed by atoms with Gasteiger partial charge in [0.05, 0.1) is 6.61 Å². The predicted molar refractivity (Wildman–Crippen MR) is 83.1 cm³/mol. The Bertz CT molecular complexity index is 561. The molecule has 0 atom stereocenters. The maximum Gasteiger partial charge on any atom is 0.224 e. The molecule has 21 heavy (non-hydrogen) atoms. The summed E-state index contributed by atoms with van der Waals surface area (Å²) in [7, 11) is 0. The van der Waals surface area contributed by atoms with E-state index in [-0.39, 0.29) is 0 Å². The number of rotatable bonds is 8. The highest BCUT2D eigenvalue weighted by atomic mass is 16.5. The van der Waals surface area contributed by atoms with Crippen LogP contribution in [0.25, 0.3) is 0 Å². The Kier molecular flexibility index (Phi) is 5.82. The average molecular weight is 287 g/mol.